The van der Waals surface area contributed by atoms with E-state index in [2.05, 4.69) is 4.98 Å². The first-order chi connectivity index (χ1) is 16.3. The van der Waals surface area contributed by atoms with Gasteiger partial charge >= 0.3 is 0 Å². The van der Waals surface area contributed by atoms with Crippen LogP contribution in [0.4, 0.5) is 0 Å². The van der Waals surface area contributed by atoms with Crippen LogP contribution < -0.4 is 0 Å². The number of carbonyl (C=O) groups excluding carboxylic acids is 2. The molecule has 0 bridgehead atoms. The van der Waals surface area contributed by atoms with Crippen LogP contribution in [0.15, 0.2) is 60.8 Å². The van der Waals surface area contributed by atoms with E-state index < -0.39 is 5.54 Å². The summed E-state index contributed by atoms with van der Waals surface area (Å²) in [4.78, 5) is 36.4. The normalized spacial score (nSPS) is 18.1. The van der Waals surface area contributed by atoms with Crippen molar-refractivity contribution in [2.45, 2.75) is 25.8 Å². The minimum Gasteiger partial charge on any atom is -0.396 e. The fraction of sp³-hybridized carbons (Fsp3) is 0.269. The van der Waals surface area contributed by atoms with Crippen molar-refractivity contribution >= 4 is 34.9 Å². The van der Waals surface area contributed by atoms with Crippen molar-refractivity contribution in [1.82, 2.24) is 10.0 Å². The highest BCUT2D eigenvalue weighted by Crippen LogP contribution is 2.47. The van der Waals surface area contributed by atoms with Gasteiger partial charge in [0, 0.05) is 47.0 Å². The standard InChI is InChI=1S/C26H24Cl2N2O4/c1-16(14-31)15-34-30-25(33)23-11-18(17(2)32)3-10-24(23)26(30,19-4-6-20(27)7-5-19)12-22-9-8-21(28)13-29-22/h3-11,13,16,31H,12,14-15H2,1-2H3. The minimum atomic E-state index is -1.08. The number of Topliss-reactive ketones (excluding diaryl/α,β-unsaturated/α-hetero) is 1. The summed E-state index contributed by atoms with van der Waals surface area (Å²) in [7, 11) is 0. The number of aliphatic hydroxyl groups is 1. The molecule has 0 saturated heterocycles. The molecule has 6 nitrogen and oxygen atoms in total. The molecule has 1 aliphatic heterocycles. The number of nitrogens with zero attached hydrogens (tertiary/aromatic N) is 2. The SMILES string of the molecule is CC(=O)c1ccc2c(c1)C(=O)N(OCC(C)CO)C2(Cc1ccc(Cl)cn1)c1ccc(Cl)cc1. The van der Waals surface area contributed by atoms with Gasteiger partial charge in [0.25, 0.3) is 5.91 Å². The molecular weight excluding hydrogens is 475 g/mol. The van der Waals surface area contributed by atoms with Crippen LogP contribution in [0, 0.1) is 5.92 Å². The number of hydroxylamine groups is 2. The highest BCUT2D eigenvalue weighted by Gasteiger charge is 2.53. The molecule has 34 heavy (non-hydrogen) atoms. The Kier molecular flexibility index (Phi) is 7.05. The third-order valence-electron chi connectivity index (χ3n) is 5.98. The van der Waals surface area contributed by atoms with Crippen molar-refractivity contribution in [2.24, 2.45) is 5.92 Å². The van der Waals surface area contributed by atoms with Crippen molar-refractivity contribution in [2.75, 3.05) is 13.2 Å². The van der Waals surface area contributed by atoms with E-state index in [0.29, 0.717) is 32.4 Å². The molecule has 3 aromatic rings. The first kappa shape index (κ1) is 24.4. The number of aliphatic hydroxyl groups excluding tert-OH is 1. The lowest BCUT2D eigenvalue weighted by Gasteiger charge is -2.39. The maximum atomic E-state index is 13.7. The first-order valence-corrected chi connectivity index (χ1v) is 11.6. The number of aromatic nitrogens is 1. The number of amides is 1. The van der Waals surface area contributed by atoms with Gasteiger partial charge in [0.1, 0.15) is 5.54 Å². The molecule has 1 amide bonds. The van der Waals surface area contributed by atoms with Crippen LogP contribution in [0.2, 0.25) is 10.0 Å². The maximum absolute atomic E-state index is 13.7. The minimum absolute atomic E-state index is 0.0872. The molecule has 1 aliphatic rings. The monoisotopic (exact) mass is 498 g/mol. The zero-order valence-electron chi connectivity index (χ0n) is 18.8. The summed E-state index contributed by atoms with van der Waals surface area (Å²) < 4.78 is 0. The van der Waals surface area contributed by atoms with Gasteiger partial charge in [-0.1, -0.05) is 54.4 Å². The summed E-state index contributed by atoms with van der Waals surface area (Å²) in [6.07, 6.45) is 1.85. The van der Waals surface area contributed by atoms with Crippen LogP contribution in [-0.2, 0) is 16.8 Å². The van der Waals surface area contributed by atoms with Crippen LogP contribution in [-0.4, -0.2) is 40.1 Å². The molecule has 0 radical (unpaired) electrons. The number of halogens is 2. The van der Waals surface area contributed by atoms with Crippen molar-refractivity contribution in [3.05, 3.63) is 98.8 Å². The van der Waals surface area contributed by atoms with Crippen molar-refractivity contribution < 1.29 is 19.5 Å². The van der Waals surface area contributed by atoms with Crippen molar-refractivity contribution in [1.29, 1.82) is 0 Å². The summed E-state index contributed by atoms with van der Waals surface area (Å²) in [5.74, 6) is -0.701. The van der Waals surface area contributed by atoms with E-state index >= 15 is 0 Å². The molecular formula is C26H24Cl2N2O4. The van der Waals surface area contributed by atoms with Gasteiger partial charge in [-0.05, 0) is 48.4 Å². The zero-order valence-corrected chi connectivity index (χ0v) is 20.3. The number of hydrogen-bond acceptors (Lipinski definition) is 5. The summed E-state index contributed by atoms with van der Waals surface area (Å²) in [6, 6.07) is 15.9. The average molecular weight is 499 g/mol. The van der Waals surface area contributed by atoms with Gasteiger partial charge in [0.15, 0.2) is 5.78 Å². The van der Waals surface area contributed by atoms with E-state index in [-0.39, 0.29) is 37.2 Å². The highest BCUT2D eigenvalue weighted by molar-refractivity contribution is 6.30. The third kappa shape index (κ3) is 4.46. The number of fused-ring (bicyclic) bond motifs is 1. The fourth-order valence-electron chi connectivity index (χ4n) is 4.16. The predicted octanol–water partition coefficient (Wildman–Crippen LogP) is 5.09. The Bertz CT molecular complexity index is 1210. The molecule has 0 saturated carbocycles. The largest absolute Gasteiger partial charge is 0.396 e. The molecule has 0 aliphatic carbocycles. The molecule has 1 aromatic heterocycles. The molecule has 2 aromatic carbocycles. The summed E-state index contributed by atoms with van der Waals surface area (Å²) in [5, 5.41) is 11.9. The maximum Gasteiger partial charge on any atom is 0.279 e. The summed E-state index contributed by atoms with van der Waals surface area (Å²) >= 11 is 12.2. The van der Waals surface area contributed by atoms with Gasteiger partial charge in [0.05, 0.1) is 11.6 Å². The molecule has 0 fully saturated rings. The lowest BCUT2D eigenvalue weighted by Crippen LogP contribution is -2.47. The van der Waals surface area contributed by atoms with E-state index in [1.165, 1.54) is 12.0 Å². The Labute approximate surface area is 208 Å². The number of ketones is 1. The first-order valence-electron chi connectivity index (χ1n) is 10.9. The Morgan fingerprint density at radius 2 is 1.82 bits per heavy atom. The van der Waals surface area contributed by atoms with Gasteiger partial charge in [-0.25, -0.2) is 5.06 Å². The second kappa shape index (κ2) is 9.84. The lowest BCUT2D eigenvalue weighted by atomic mass is 9.79. The molecule has 2 unspecified atom stereocenters. The number of rotatable bonds is 8. The summed E-state index contributed by atoms with van der Waals surface area (Å²) in [6.45, 7) is 3.32. The molecule has 4 rings (SSSR count). The van der Waals surface area contributed by atoms with Crippen LogP contribution in [0.5, 0.6) is 0 Å². The fourth-order valence-corrected chi connectivity index (χ4v) is 4.39. The number of pyridine rings is 1. The van der Waals surface area contributed by atoms with E-state index in [1.54, 1.807) is 48.7 Å². The van der Waals surface area contributed by atoms with Crippen LogP contribution in [0.25, 0.3) is 0 Å². The average Bonchev–Trinajstić information content (AvgIpc) is 3.07. The van der Waals surface area contributed by atoms with Crippen LogP contribution in [0.3, 0.4) is 0 Å². The zero-order chi connectivity index (χ0) is 24.5. The number of hydrogen-bond donors (Lipinski definition) is 1. The molecule has 2 heterocycles. The predicted molar refractivity (Wildman–Crippen MR) is 130 cm³/mol. The number of benzene rings is 2. The van der Waals surface area contributed by atoms with Crippen LogP contribution >= 0.6 is 23.2 Å². The second-order valence-corrected chi connectivity index (χ2v) is 9.38. The molecule has 1 N–H and O–H groups in total. The highest BCUT2D eigenvalue weighted by atomic mass is 35.5. The topological polar surface area (TPSA) is 79.7 Å². The van der Waals surface area contributed by atoms with Gasteiger partial charge in [0.2, 0.25) is 0 Å². The van der Waals surface area contributed by atoms with E-state index in [9.17, 15) is 14.7 Å². The molecule has 8 heteroatoms. The molecule has 176 valence electrons. The Balaban J connectivity index is 1.95. The molecule has 2 atom stereocenters. The quantitative estimate of drug-likeness (QED) is 0.437. The second-order valence-electron chi connectivity index (χ2n) is 8.51. The van der Waals surface area contributed by atoms with E-state index in [1.807, 2.05) is 19.1 Å². The smallest absolute Gasteiger partial charge is 0.279 e. The van der Waals surface area contributed by atoms with Gasteiger partial charge < -0.3 is 5.11 Å². The van der Waals surface area contributed by atoms with Gasteiger partial charge in [-0.2, -0.15) is 0 Å². The van der Waals surface area contributed by atoms with Crippen molar-refractivity contribution in [3.63, 3.8) is 0 Å². The molecule has 0 spiro atoms. The van der Waals surface area contributed by atoms with Crippen LogP contribution in [0.1, 0.15) is 51.4 Å². The Hall–Kier alpha value is -2.77. The van der Waals surface area contributed by atoms with Gasteiger partial charge in [-0.15, -0.1) is 0 Å². The van der Waals surface area contributed by atoms with Gasteiger partial charge in [-0.3, -0.25) is 19.4 Å². The summed E-state index contributed by atoms with van der Waals surface area (Å²) in [5.41, 5.74) is 1.90. The lowest BCUT2D eigenvalue weighted by molar-refractivity contribution is -0.180. The number of carbonyl (C=O) groups is 2. The van der Waals surface area contributed by atoms with E-state index in [0.717, 1.165) is 5.56 Å². The third-order valence-corrected chi connectivity index (χ3v) is 6.46. The Morgan fingerprint density at radius 3 is 2.44 bits per heavy atom. The Morgan fingerprint density at radius 1 is 1.12 bits per heavy atom. The van der Waals surface area contributed by atoms with Crippen molar-refractivity contribution in [3.8, 4) is 0 Å². The van der Waals surface area contributed by atoms with E-state index in [4.69, 9.17) is 28.0 Å².